The van der Waals surface area contributed by atoms with E-state index in [-0.39, 0.29) is 17.3 Å². The van der Waals surface area contributed by atoms with Crippen molar-refractivity contribution in [2.24, 2.45) is 0 Å². The molecule has 0 aliphatic carbocycles. The fourth-order valence-electron chi connectivity index (χ4n) is 1.97. The van der Waals surface area contributed by atoms with E-state index < -0.39 is 11.6 Å². The molecule has 1 N–H and O–H groups in total. The molecule has 0 bridgehead atoms. The van der Waals surface area contributed by atoms with Gasteiger partial charge < -0.3 is 5.32 Å². The molecular weight excluding hydrogens is 278 g/mol. The highest BCUT2D eigenvalue weighted by Gasteiger charge is 2.14. The number of nitrogens with one attached hydrogen (secondary N) is 1. The van der Waals surface area contributed by atoms with Crippen LogP contribution in [0.4, 0.5) is 14.5 Å². The van der Waals surface area contributed by atoms with Gasteiger partial charge in [0.05, 0.1) is 11.6 Å². The Morgan fingerprint density at radius 1 is 1.30 bits per heavy atom. The average Bonchev–Trinajstić information content (AvgIpc) is 2.79. The first-order valence-electron chi connectivity index (χ1n) is 6.20. The summed E-state index contributed by atoms with van der Waals surface area (Å²) in [7, 11) is 0. The molecule has 0 saturated heterocycles. The summed E-state index contributed by atoms with van der Waals surface area (Å²) in [6, 6.07) is 7.73. The summed E-state index contributed by atoms with van der Waals surface area (Å²) < 4.78 is 27.5. The summed E-state index contributed by atoms with van der Waals surface area (Å²) in [6.45, 7) is 3.89. The van der Waals surface area contributed by atoms with Crippen LogP contribution in [0.2, 0.25) is 0 Å². The monoisotopic (exact) mass is 292 g/mol. The fraction of sp³-hybridized carbons (Fsp3) is 0.267. The number of benzene rings is 1. The molecular formula is C15H14F2N2S. The maximum atomic E-state index is 13.8. The lowest BCUT2D eigenvalue weighted by atomic mass is 10.1. The van der Waals surface area contributed by atoms with Crippen molar-refractivity contribution in [3.8, 4) is 6.07 Å². The summed E-state index contributed by atoms with van der Waals surface area (Å²) in [5.74, 6) is -1.48. The second-order valence-electron chi connectivity index (χ2n) is 4.69. The number of halogens is 2. The van der Waals surface area contributed by atoms with Crippen LogP contribution in [0.15, 0.2) is 24.3 Å². The van der Waals surface area contributed by atoms with Gasteiger partial charge in [0.15, 0.2) is 11.6 Å². The van der Waals surface area contributed by atoms with E-state index in [1.54, 1.807) is 17.4 Å². The molecule has 2 aromatic rings. The fourth-order valence-corrected chi connectivity index (χ4v) is 2.99. The number of anilines is 1. The molecule has 1 atom stereocenters. The molecule has 104 valence electrons. The van der Waals surface area contributed by atoms with Gasteiger partial charge in [0.1, 0.15) is 5.69 Å². The number of rotatable bonds is 4. The molecule has 1 aromatic heterocycles. The van der Waals surface area contributed by atoms with Gasteiger partial charge in [-0.15, -0.1) is 11.3 Å². The van der Waals surface area contributed by atoms with Crippen LogP contribution in [0.1, 0.15) is 22.2 Å². The van der Waals surface area contributed by atoms with Gasteiger partial charge in [0.25, 0.3) is 0 Å². The van der Waals surface area contributed by atoms with Crippen LogP contribution in [-0.2, 0) is 6.42 Å². The maximum Gasteiger partial charge on any atom is 0.150 e. The van der Waals surface area contributed by atoms with Gasteiger partial charge in [-0.1, -0.05) is 0 Å². The summed E-state index contributed by atoms with van der Waals surface area (Å²) in [5.41, 5.74) is -0.197. The first-order chi connectivity index (χ1) is 9.49. The van der Waals surface area contributed by atoms with Crippen LogP contribution in [0.25, 0.3) is 0 Å². The van der Waals surface area contributed by atoms with Crippen molar-refractivity contribution in [1.29, 1.82) is 5.26 Å². The Kier molecular flexibility index (Phi) is 4.35. The molecule has 1 heterocycles. The van der Waals surface area contributed by atoms with Gasteiger partial charge in [-0.3, -0.25) is 0 Å². The van der Waals surface area contributed by atoms with E-state index in [2.05, 4.69) is 5.32 Å². The molecule has 2 rings (SSSR count). The second kappa shape index (κ2) is 6.02. The van der Waals surface area contributed by atoms with Crippen molar-refractivity contribution in [3.05, 3.63) is 51.2 Å². The highest BCUT2D eigenvalue weighted by Crippen LogP contribution is 2.23. The lowest BCUT2D eigenvalue weighted by Crippen LogP contribution is -2.19. The van der Waals surface area contributed by atoms with Gasteiger partial charge in [0, 0.05) is 22.2 Å². The summed E-state index contributed by atoms with van der Waals surface area (Å²) in [6.07, 6.45) is 0.692. The standard InChI is InChI=1S/C15H14F2N2S/c1-9(5-12-4-3-10(2)20-12)19-15-13(16)6-11(8-18)7-14(15)17/h3-4,6-7,9,19H,5H2,1-2H3. The number of hydrogen-bond acceptors (Lipinski definition) is 3. The van der Waals surface area contributed by atoms with E-state index in [1.807, 2.05) is 26.0 Å². The van der Waals surface area contributed by atoms with Crippen molar-refractivity contribution >= 4 is 17.0 Å². The van der Waals surface area contributed by atoms with E-state index in [4.69, 9.17) is 5.26 Å². The molecule has 0 saturated carbocycles. The molecule has 0 amide bonds. The third-order valence-electron chi connectivity index (χ3n) is 2.87. The van der Waals surface area contributed by atoms with E-state index in [9.17, 15) is 8.78 Å². The highest BCUT2D eigenvalue weighted by molar-refractivity contribution is 7.11. The van der Waals surface area contributed by atoms with Crippen LogP contribution >= 0.6 is 11.3 Å². The Morgan fingerprint density at radius 2 is 1.95 bits per heavy atom. The van der Waals surface area contributed by atoms with Crippen molar-refractivity contribution in [2.75, 3.05) is 5.32 Å². The Labute approximate surface area is 120 Å². The predicted octanol–water partition coefficient (Wildman–Crippen LogP) is 4.25. The SMILES string of the molecule is Cc1ccc(CC(C)Nc2c(F)cc(C#N)cc2F)s1. The van der Waals surface area contributed by atoms with Crippen LogP contribution in [-0.4, -0.2) is 6.04 Å². The third-order valence-corrected chi connectivity index (χ3v) is 3.89. The largest absolute Gasteiger partial charge is 0.377 e. The first kappa shape index (κ1) is 14.5. The predicted molar refractivity (Wildman–Crippen MR) is 76.9 cm³/mol. The number of aryl methyl sites for hydroxylation is 1. The van der Waals surface area contributed by atoms with E-state index in [1.165, 1.54) is 4.88 Å². The molecule has 0 aliphatic heterocycles. The van der Waals surface area contributed by atoms with Crippen molar-refractivity contribution in [1.82, 2.24) is 0 Å². The summed E-state index contributed by atoms with van der Waals surface area (Å²) in [5, 5.41) is 11.5. The van der Waals surface area contributed by atoms with Gasteiger partial charge in [-0.2, -0.15) is 5.26 Å². The third kappa shape index (κ3) is 3.34. The smallest absolute Gasteiger partial charge is 0.150 e. The lowest BCUT2D eigenvalue weighted by Gasteiger charge is -2.16. The highest BCUT2D eigenvalue weighted by atomic mass is 32.1. The van der Waals surface area contributed by atoms with E-state index in [0.717, 1.165) is 17.0 Å². The Balaban J connectivity index is 2.12. The zero-order valence-electron chi connectivity index (χ0n) is 11.2. The Bertz CT molecular complexity index is 635. The van der Waals surface area contributed by atoms with Gasteiger partial charge in [0.2, 0.25) is 0 Å². The van der Waals surface area contributed by atoms with Gasteiger partial charge >= 0.3 is 0 Å². The second-order valence-corrected chi connectivity index (χ2v) is 6.06. The Morgan fingerprint density at radius 3 is 2.45 bits per heavy atom. The zero-order valence-corrected chi connectivity index (χ0v) is 12.0. The van der Waals surface area contributed by atoms with E-state index in [0.29, 0.717) is 6.42 Å². The number of thiophene rings is 1. The molecule has 1 aromatic carbocycles. The van der Waals surface area contributed by atoms with Crippen LogP contribution < -0.4 is 5.32 Å². The minimum absolute atomic E-state index is 0.0212. The minimum atomic E-state index is -0.740. The summed E-state index contributed by atoms with van der Waals surface area (Å²) >= 11 is 1.67. The topological polar surface area (TPSA) is 35.8 Å². The summed E-state index contributed by atoms with van der Waals surface area (Å²) in [4.78, 5) is 2.37. The molecule has 1 unspecified atom stereocenters. The zero-order chi connectivity index (χ0) is 14.7. The van der Waals surface area contributed by atoms with Gasteiger partial charge in [-0.05, 0) is 38.1 Å². The molecule has 2 nitrogen and oxygen atoms in total. The average molecular weight is 292 g/mol. The van der Waals surface area contributed by atoms with Crippen LogP contribution in [0.5, 0.6) is 0 Å². The van der Waals surface area contributed by atoms with Crippen LogP contribution in [0, 0.1) is 29.9 Å². The van der Waals surface area contributed by atoms with Crippen LogP contribution in [0.3, 0.4) is 0 Å². The van der Waals surface area contributed by atoms with Crippen molar-refractivity contribution < 1.29 is 8.78 Å². The van der Waals surface area contributed by atoms with Gasteiger partial charge in [-0.25, -0.2) is 8.78 Å². The molecule has 0 fully saturated rings. The minimum Gasteiger partial charge on any atom is -0.377 e. The van der Waals surface area contributed by atoms with Crippen molar-refractivity contribution in [3.63, 3.8) is 0 Å². The quantitative estimate of drug-likeness (QED) is 0.914. The molecule has 0 aliphatic rings. The normalized spacial score (nSPS) is 11.9. The molecule has 0 radical (unpaired) electrons. The molecule has 0 spiro atoms. The Hall–Kier alpha value is -1.93. The first-order valence-corrected chi connectivity index (χ1v) is 7.02. The number of nitriles is 1. The number of nitrogens with zero attached hydrogens (tertiary/aromatic N) is 1. The molecule has 5 heteroatoms. The lowest BCUT2D eigenvalue weighted by molar-refractivity contribution is 0.582. The maximum absolute atomic E-state index is 13.8. The number of hydrogen-bond donors (Lipinski definition) is 1. The van der Waals surface area contributed by atoms with Crippen molar-refractivity contribution in [2.45, 2.75) is 26.3 Å². The molecule has 20 heavy (non-hydrogen) atoms. The van der Waals surface area contributed by atoms with E-state index >= 15 is 0 Å².